The molecule has 0 spiro atoms. The maximum absolute atomic E-state index is 13.4. The van der Waals surface area contributed by atoms with Gasteiger partial charge in [-0.25, -0.2) is 8.78 Å². The highest BCUT2D eigenvalue weighted by molar-refractivity contribution is 5.85. The van der Waals surface area contributed by atoms with E-state index >= 15 is 0 Å². The Kier molecular flexibility index (Phi) is 3.55. The number of nitrogens with one attached hydrogen (secondary N) is 1. The molecule has 3 aliphatic rings. The van der Waals surface area contributed by atoms with Crippen molar-refractivity contribution in [3.8, 4) is 0 Å². The summed E-state index contributed by atoms with van der Waals surface area (Å²) in [6, 6.07) is -1.05. The second-order valence-electron chi connectivity index (χ2n) is 4.01. The highest BCUT2D eigenvalue weighted by atomic mass is 35.5. The fourth-order valence-electron chi connectivity index (χ4n) is 2.46. The number of rotatable bonds is 1. The number of piperidine rings is 2. The Morgan fingerprint density at radius 2 is 2.13 bits per heavy atom. The van der Waals surface area contributed by atoms with E-state index in [2.05, 4.69) is 10.1 Å². The van der Waals surface area contributed by atoms with Crippen LogP contribution in [0.3, 0.4) is 0 Å². The lowest BCUT2D eigenvalue weighted by atomic mass is 9.73. The van der Waals surface area contributed by atoms with Crippen molar-refractivity contribution in [2.75, 3.05) is 7.11 Å². The first-order chi connectivity index (χ1) is 6.54. The van der Waals surface area contributed by atoms with Gasteiger partial charge in [0.2, 0.25) is 0 Å². The summed E-state index contributed by atoms with van der Waals surface area (Å²) in [6.07, 6.45) is 0.989. The molecule has 2 heterocycles. The molecular formula is C9H14ClF2NO2. The summed E-state index contributed by atoms with van der Waals surface area (Å²) in [4.78, 5) is 11.2. The Hall–Kier alpha value is -0.420. The van der Waals surface area contributed by atoms with Crippen molar-refractivity contribution in [3.05, 3.63) is 0 Å². The maximum atomic E-state index is 13.4. The molecule has 0 amide bonds. The normalized spacial score (nSPS) is 36.9. The van der Waals surface area contributed by atoms with Crippen LogP contribution in [0.5, 0.6) is 0 Å². The lowest BCUT2D eigenvalue weighted by Gasteiger charge is -2.46. The number of hydrogen-bond acceptors (Lipinski definition) is 3. The minimum absolute atomic E-state index is 0. The third-order valence-electron chi connectivity index (χ3n) is 3.16. The fraction of sp³-hybridized carbons (Fsp3) is 0.889. The van der Waals surface area contributed by atoms with Gasteiger partial charge in [0.1, 0.15) is 6.04 Å². The Bertz CT molecular complexity index is 262. The molecule has 1 aliphatic carbocycles. The molecule has 0 aromatic carbocycles. The molecule has 3 nitrogen and oxygen atoms in total. The Balaban J connectivity index is 0.00000112. The van der Waals surface area contributed by atoms with Gasteiger partial charge in [-0.15, -0.1) is 12.4 Å². The quantitative estimate of drug-likeness (QED) is 0.705. The Morgan fingerprint density at radius 1 is 1.47 bits per heavy atom. The van der Waals surface area contributed by atoms with Gasteiger partial charge in [-0.3, -0.25) is 4.79 Å². The molecule has 88 valence electrons. The largest absolute Gasteiger partial charge is 0.468 e. The lowest BCUT2D eigenvalue weighted by molar-refractivity contribution is -0.168. The summed E-state index contributed by atoms with van der Waals surface area (Å²) in [7, 11) is 1.23. The predicted octanol–water partition coefficient (Wildman–Crippen LogP) is 1.36. The van der Waals surface area contributed by atoms with Gasteiger partial charge in [-0.2, -0.15) is 0 Å². The number of methoxy groups -OCH3 is 1. The van der Waals surface area contributed by atoms with Gasteiger partial charge >= 0.3 is 5.97 Å². The van der Waals surface area contributed by atoms with E-state index in [9.17, 15) is 13.6 Å². The fourth-order valence-corrected chi connectivity index (χ4v) is 2.46. The molecule has 3 unspecified atom stereocenters. The Labute approximate surface area is 93.0 Å². The third kappa shape index (κ3) is 2.08. The van der Waals surface area contributed by atoms with Crippen molar-refractivity contribution in [2.45, 2.75) is 37.3 Å². The van der Waals surface area contributed by atoms with Crippen LogP contribution in [-0.4, -0.2) is 31.1 Å². The van der Waals surface area contributed by atoms with Crippen molar-refractivity contribution in [1.29, 1.82) is 0 Å². The highest BCUT2D eigenvalue weighted by Crippen LogP contribution is 2.44. The number of hydrogen-bond donors (Lipinski definition) is 1. The molecular weight excluding hydrogens is 228 g/mol. The van der Waals surface area contributed by atoms with Gasteiger partial charge in [0.15, 0.2) is 0 Å². The standard InChI is InChI=1S/C9H13F2NO2.ClH/c1-14-8(13)7-6-3-2-5(12-7)4-9(6,10)11;/h5-7,12H,2-4H2,1H3;1H. The van der Waals surface area contributed by atoms with Crippen LogP contribution in [0.15, 0.2) is 0 Å². The van der Waals surface area contributed by atoms with Crippen molar-refractivity contribution in [3.63, 3.8) is 0 Å². The molecule has 1 saturated carbocycles. The lowest BCUT2D eigenvalue weighted by Crippen LogP contribution is -2.63. The van der Waals surface area contributed by atoms with Gasteiger partial charge < -0.3 is 10.1 Å². The number of carbonyl (C=O) groups excluding carboxylic acids is 1. The summed E-state index contributed by atoms with van der Waals surface area (Å²) in [5.41, 5.74) is 0. The number of halogens is 3. The first-order valence-electron chi connectivity index (χ1n) is 4.76. The predicted molar refractivity (Wildman–Crippen MR) is 52.3 cm³/mol. The van der Waals surface area contributed by atoms with E-state index in [0.29, 0.717) is 6.42 Å². The van der Waals surface area contributed by atoms with Crippen LogP contribution in [0.2, 0.25) is 0 Å². The highest BCUT2D eigenvalue weighted by Gasteiger charge is 2.55. The van der Waals surface area contributed by atoms with E-state index in [1.165, 1.54) is 7.11 Å². The molecule has 2 aliphatic heterocycles. The van der Waals surface area contributed by atoms with Crippen LogP contribution >= 0.6 is 12.4 Å². The van der Waals surface area contributed by atoms with Gasteiger partial charge in [-0.1, -0.05) is 0 Å². The van der Waals surface area contributed by atoms with E-state index in [1.54, 1.807) is 0 Å². The zero-order chi connectivity index (χ0) is 10.3. The molecule has 2 saturated heterocycles. The molecule has 0 aromatic rings. The van der Waals surface area contributed by atoms with Crippen molar-refractivity contribution in [1.82, 2.24) is 5.32 Å². The van der Waals surface area contributed by atoms with Gasteiger partial charge in [-0.05, 0) is 12.8 Å². The minimum atomic E-state index is -2.72. The number of carbonyl (C=O) groups is 1. The topological polar surface area (TPSA) is 38.3 Å². The van der Waals surface area contributed by atoms with Crippen LogP contribution in [0.4, 0.5) is 8.78 Å². The Morgan fingerprint density at radius 3 is 2.60 bits per heavy atom. The molecule has 3 fully saturated rings. The van der Waals surface area contributed by atoms with E-state index < -0.39 is 23.9 Å². The van der Waals surface area contributed by atoms with Gasteiger partial charge in [0.25, 0.3) is 5.92 Å². The molecule has 3 atom stereocenters. The molecule has 15 heavy (non-hydrogen) atoms. The minimum Gasteiger partial charge on any atom is -0.468 e. The molecule has 0 aromatic heterocycles. The van der Waals surface area contributed by atoms with Crippen LogP contribution < -0.4 is 5.32 Å². The first-order valence-corrected chi connectivity index (χ1v) is 4.76. The molecule has 0 radical (unpaired) electrons. The van der Waals surface area contributed by atoms with Crippen LogP contribution in [0, 0.1) is 5.92 Å². The van der Waals surface area contributed by atoms with Crippen molar-refractivity contribution < 1.29 is 18.3 Å². The van der Waals surface area contributed by atoms with E-state index in [-0.39, 0.29) is 24.9 Å². The summed E-state index contributed by atoms with van der Waals surface area (Å²) < 4.78 is 31.3. The van der Waals surface area contributed by atoms with Crippen LogP contribution in [0.1, 0.15) is 19.3 Å². The first kappa shape index (κ1) is 12.6. The monoisotopic (exact) mass is 241 g/mol. The smallest absolute Gasteiger partial charge is 0.323 e. The van der Waals surface area contributed by atoms with Crippen LogP contribution in [0.25, 0.3) is 0 Å². The summed E-state index contributed by atoms with van der Waals surface area (Å²) in [5, 5.41) is 2.90. The van der Waals surface area contributed by atoms with Gasteiger partial charge in [0, 0.05) is 18.4 Å². The SMILES string of the molecule is COC(=O)C1NC2CCC1C(F)(F)C2.Cl. The second kappa shape index (κ2) is 4.22. The van der Waals surface area contributed by atoms with Gasteiger partial charge in [0.05, 0.1) is 7.11 Å². The van der Waals surface area contributed by atoms with E-state index in [4.69, 9.17) is 0 Å². The molecule has 1 N–H and O–H groups in total. The van der Waals surface area contributed by atoms with Crippen LogP contribution in [-0.2, 0) is 9.53 Å². The third-order valence-corrected chi connectivity index (χ3v) is 3.16. The number of fused-ring (bicyclic) bond motifs is 3. The molecule has 6 heteroatoms. The van der Waals surface area contributed by atoms with Crippen molar-refractivity contribution in [2.24, 2.45) is 5.92 Å². The van der Waals surface area contributed by atoms with E-state index in [0.717, 1.165) is 6.42 Å². The number of ether oxygens (including phenoxy) is 1. The average Bonchev–Trinajstić information content (AvgIpc) is 2.15. The number of alkyl halides is 2. The maximum Gasteiger partial charge on any atom is 0.323 e. The summed E-state index contributed by atoms with van der Waals surface area (Å²) >= 11 is 0. The molecule has 3 rings (SSSR count). The average molecular weight is 242 g/mol. The molecule has 2 bridgehead atoms. The zero-order valence-electron chi connectivity index (χ0n) is 8.33. The van der Waals surface area contributed by atoms with Crippen molar-refractivity contribution >= 4 is 18.4 Å². The zero-order valence-corrected chi connectivity index (χ0v) is 9.15. The second-order valence-corrected chi connectivity index (χ2v) is 4.01. The summed E-state index contributed by atoms with van der Waals surface area (Å²) in [6.45, 7) is 0. The number of esters is 1. The van der Waals surface area contributed by atoms with E-state index in [1.807, 2.05) is 0 Å². The summed E-state index contributed by atoms with van der Waals surface area (Å²) in [5.74, 6) is -4.17.